The van der Waals surface area contributed by atoms with Gasteiger partial charge in [-0.25, -0.2) is 13.1 Å². The lowest BCUT2D eigenvalue weighted by molar-refractivity contribution is -0.126. The number of benzene rings is 1. The highest BCUT2D eigenvalue weighted by Gasteiger charge is 2.35. The van der Waals surface area contributed by atoms with Gasteiger partial charge in [0.1, 0.15) is 5.76 Å². The Morgan fingerprint density at radius 3 is 2.50 bits per heavy atom. The molecule has 6 nitrogen and oxygen atoms in total. The predicted octanol–water partition coefficient (Wildman–Crippen LogP) is 3.17. The summed E-state index contributed by atoms with van der Waals surface area (Å²) in [7, 11) is -3.62. The highest BCUT2D eigenvalue weighted by atomic mass is 32.2. The molecule has 2 saturated carbocycles. The molecule has 1 aromatic carbocycles. The lowest BCUT2D eigenvalue weighted by Crippen LogP contribution is -2.33. The molecule has 0 aliphatic heterocycles. The van der Waals surface area contributed by atoms with Crippen molar-refractivity contribution in [3.63, 3.8) is 0 Å². The Balaban J connectivity index is 1.36. The molecule has 0 unspecified atom stereocenters. The zero-order chi connectivity index (χ0) is 19.6. The summed E-state index contributed by atoms with van der Waals surface area (Å²) in [6.45, 7) is 0.968. The summed E-state index contributed by atoms with van der Waals surface area (Å²) in [5.41, 5.74) is 0.792. The molecule has 7 heteroatoms. The van der Waals surface area contributed by atoms with Crippen molar-refractivity contribution in [1.82, 2.24) is 9.62 Å². The van der Waals surface area contributed by atoms with E-state index in [0.717, 1.165) is 24.9 Å². The molecular weight excluding hydrogens is 376 g/mol. The summed E-state index contributed by atoms with van der Waals surface area (Å²) in [6.07, 6.45) is 9.50. The van der Waals surface area contributed by atoms with Gasteiger partial charge < -0.3 is 9.32 Å². The zero-order valence-corrected chi connectivity index (χ0v) is 16.4. The summed E-state index contributed by atoms with van der Waals surface area (Å²) < 4.78 is 32.3. The summed E-state index contributed by atoms with van der Waals surface area (Å²) >= 11 is 0. The molecule has 28 heavy (non-hydrogen) atoms. The molecule has 1 amide bonds. The van der Waals surface area contributed by atoms with Crippen molar-refractivity contribution in [1.29, 1.82) is 0 Å². The van der Waals surface area contributed by atoms with Crippen LogP contribution in [0.2, 0.25) is 0 Å². The minimum atomic E-state index is -3.62. The number of carbonyl (C=O) groups is 1. The summed E-state index contributed by atoms with van der Waals surface area (Å²) in [6, 6.07) is 10.3. The maximum absolute atomic E-state index is 12.5. The standard InChI is InChI=1S/C21H24N2O4S/c24-21(23(18-8-9-18)15-17-3-4-17)12-7-16-5-10-20(11-6-16)28(25,26)22-14-19-2-1-13-27-19/h1-2,5-7,10-13,17-18,22H,3-4,8-9,14-15H2/b12-7+. The second kappa shape index (κ2) is 7.93. The largest absolute Gasteiger partial charge is 0.468 e. The first-order valence-corrected chi connectivity index (χ1v) is 11.1. The van der Waals surface area contributed by atoms with Crippen LogP contribution in [0.1, 0.15) is 37.0 Å². The average molecular weight is 401 g/mol. The Kier molecular flexibility index (Phi) is 5.37. The molecule has 0 atom stereocenters. The number of amides is 1. The fraction of sp³-hybridized carbons (Fsp3) is 0.381. The molecule has 148 valence electrons. The van der Waals surface area contributed by atoms with Crippen LogP contribution >= 0.6 is 0 Å². The molecule has 0 spiro atoms. The van der Waals surface area contributed by atoms with E-state index in [1.165, 1.54) is 31.2 Å². The van der Waals surface area contributed by atoms with Crippen molar-refractivity contribution in [3.05, 3.63) is 60.1 Å². The quantitative estimate of drug-likeness (QED) is 0.656. The molecule has 2 aliphatic carbocycles. The second-order valence-electron chi connectivity index (χ2n) is 7.47. The van der Waals surface area contributed by atoms with E-state index < -0.39 is 10.0 Å². The fourth-order valence-electron chi connectivity index (χ4n) is 3.07. The maximum atomic E-state index is 12.5. The van der Waals surface area contributed by atoms with Crippen LogP contribution in [0.4, 0.5) is 0 Å². The van der Waals surface area contributed by atoms with Gasteiger partial charge >= 0.3 is 0 Å². The monoisotopic (exact) mass is 400 g/mol. The smallest absolute Gasteiger partial charge is 0.246 e. The molecule has 2 aliphatic rings. The zero-order valence-electron chi connectivity index (χ0n) is 15.6. The fourth-order valence-corrected chi connectivity index (χ4v) is 4.06. The van der Waals surface area contributed by atoms with Crippen LogP contribution in [-0.4, -0.2) is 31.8 Å². The van der Waals surface area contributed by atoms with Crippen LogP contribution in [0.3, 0.4) is 0 Å². The van der Waals surface area contributed by atoms with E-state index in [9.17, 15) is 13.2 Å². The molecule has 0 radical (unpaired) electrons. The molecule has 1 aromatic heterocycles. The van der Waals surface area contributed by atoms with Gasteiger partial charge in [0.05, 0.1) is 17.7 Å². The van der Waals surface area contributed by atoms with Gasteiger partial charge in [0.25, 0.3) is 0 Å². The third kappa shape index (κ3) is 4.91. The molecular formula is C21H24N2O4S. The number of carbonyl (C=O) groups excluding carboxylic acids is 1. The van der Waals surface area contributed by atoms with Crippen molar-refractivity contribution >= 4 is 22.0 Å². The molecule has 4 rings (SSSR count). The number of rotatable bonds is 9. The van der Waals surface area contributed by atoms with E-state index in [4.69, 9.17) is 4.42 Å². The Morgan fingerprint density at radius 2 is 1.89 bits per heavy atom. The van der Waals surface area contributed by atoms with Gasteiger partial charge in [0.15, 0.2) is 0 Å². The highest BCUT2D eigenvalue weighted by molar-refractivity contribution is 7.89. The van der Waals surface area contributed by atoms with Crippen LogP contribution < -0.4 is 4.72 Å². The number of furan rings is 1. The summed E-state index contributed by atoms with van der Waals surface area (Å²) in [5, 5.41) is 0. The van der Waals surface area contributed by atoms with E-state index in [0.29, 0.717) is 17.7 Å². The number of sulfonamides is 1. The molecule has 2 aromatic rings. The van der Waals surface area contributed by atoms with Crippen molar-refractivity contribution < 1.29 is 17.6 Å². The Hall–Kier alpha value is -2.38. The average Bonchev–Trinajstić information content (AvgIpc) is 3.62. The minimum Gasteiger partial charge on any atom is -0.468 e. The van der Waals surface area contributed by atoms with Crippen LogP contribution in [-0.2, 0) is 21.4 Å². The molecule has 1 N–H and O–H groups in total. The number of hydrogen-bond donors (Lipinski definition) is 1. The second-order valence-corrected chi connectivity index (χ2v) is 9.24. The van der Waals surface area contributed by atoms with Crippen molar-refractivity contribution in [2.75, 3.05) is 6.54 Å². The van der Waals surface area contributed by atoms with E-state index in [2.05, 4.69) is 4.72 Å². The maximum Gasteiger partial charge on any atom is 0.246 e. The number of hydrogen-bond acceptors (Lipinski definition) is 4. The topological polar surface area (TPSA) is 79.6 Å². The molecule has 0 saturated heterocycles. The Labute approximate surface area is 165 Å². The van der Waals surface area contributed by atoms with Gasteiger partial charge in [0, 0.05) is 18.7 Å². The SMILES string of the molecule is O=C(/C=C/c1ccc(S(=O)(=O)NCc2ccco2)cc1)N(CC1CC1)C1CC1. The highest BCUT2D eigenvalue weighted by Crippen LogP contribution is 2.35. The minimum absolute atomic E-state index is 0.0474. The van der Waals surface area contributed by atoms with E-state index in [1.807, 2.05) is 4.90 Å². The Morgan fingerprint density at radius 1 is 1.14 bits per heavy atom. The van der Waals surface area contributed by atoms with Gasteiger partial charge in [-0.3, -0.25) is 4.79 Å². The first kappa shape index (κ1) is 19.0. The molecule has 1 heterocycles. The van der Waals surface area contributed by atoms with Crippen LogP contribution in [0.15, 0.2) is 58.1 Å². The lowest BCUT2D eigenvalue weighted by atomic mass is 10.2. The number of nitrogens with one attached hydrogen (secondary N) is 1. The van der Waals surface area contributed by atoms with Gasteiger partial charge in [-0.1, -0.05) is 12.1 Å². The first-order valence-electron chi connectivity index (χ1n) is 9.62. The molecule has 2 fully saturated rings. The van der Waals surface area contributed by atoms with Crippen LogP contribution in [0.5, 0.6) is 0 Å². The summed E-state index contributed by atoms with van der Waals surface area (Å²) in [5.74, 6) is 1.27. The van der Waals surface area contributed by atoms with E-state index in [1.54, 1.807) is 36.4 Å². The van der Waals surface area contributed by atoms with Gasteiger partial charge in [-0.05, 0) is 67.5 Å². The van der Waals surface area contributed by atoms with Crippen molar-refractivity contribution in [2.24, 2.45) is 5.92 Å². The predicted molar refractivity (Wildman–Crippen MR) is 106 cm³/mol. The normalized spacial score (nSPS) is 17.1. The van der Waals surface area contributed by atoms with Crippen molar-refractivity contribution in [2.45, 2.75) is 43.2 Å². The Bertz CT molecular complexity index is 941. The summed E-state index contributed by atoms with van der Waals surface area (Å²) in [4.78, 5) is 14.7. The van der Waals surface area contributed by atoms with Gasteiger partial charge in [-0.2, -0.15) is 0 Å². The van der Waals surface area contributed by atoms with Crippen LogP contribution in [0.25, 0.3) is 6.08 Å². The third-order valence-electron chi connectivity index (χ3n) is 5.05. The van der Waals surface area contributed by atoms with E-state index >= 15 is 0 Å². The van der Waals surface area contributed by atoms with Crippen molar-refractivity contribution in [3.8, 4) is 0 Å². The van der Waals surface area contributed by atoms with E-state index in [-0.39, 0.29) is 17.3 Å². The third-order valence-corrected chi connectivity index (χ3v) is 6.46. The number of nitrogens with zero attached hydrogens (tertiary/aromatic N) is 1. The molecule has 0 bridgehead atoms. The lowest BCUT2D eigenvalue weighted by Gasteiger charge is -2.20. The van der Waals surface area contributed by atoms with Gasteiger partial charge in [-0.15, -0.1) is 0 Å². The first-order chi connectivity index (χ1) is 13.5. The van der Waals surface area contributed by atoms with Crippen LogP contribution in [0, 0.1) is 5.92 Å². The van der Waals surface area contributed by atoms with Gasteiger partial charge in [0.2, 0.25) is 15.9 Å².